The summed E-state index contributed by atoms with van der Waals surface area (Å²) in [6.45, 7) is 2.22. The molecular formula is C39H41F4N5O4. The quantitative estimate of drug-likeness (QED) is 0.0941. The number of amides is 1. The Balaban J connectivity index is 1.14. The highest BCUT2D eigenvalue weighted by Gasteiger charge is 2.43. The predicted octanol–water partition coefficient (Wildman–Crippen LogP) is 6.83. The number of rotatable bonds is 12. The van der Waals surface area contributed by atoms with Gasteiger partial charge in [0.2, 0.25) is 17.7 Å². The number of nitrogens with one attached hydrogen (secondary N) is 1. The van der Waals surface area contributed by atoms with Crippen LogP contribution in [0.3, 0.4) is 0 Å². The second-order valence-corrected chi connectivity index (χ2v) is 13.8. The van der Waals surface area contributed by atoms with Crippen LogP contribution in [0.1, 0.15) is 67.9 Å². The lowest BCUT2D eigenvalue weighted by Crippen LogP contribution is -2.37. The summed E-state index contributed by atoms with van der Waals surface area (Å²) < 4.78 is 71.5. The van der Waals surface area contributed by atoms with E-state index in [1.165, 1.54) is 17.0 Å². The molecule has 7 rings (SSSR count). The average molecular weight is 720 g/mol. The molecule has 2 unspecified atom stereocenters. The van der Waals surface area contributed by atoms with Crippen LogP contribution in [0.25, 0.3) is 22.0 Å². The highest BCUT2D eigenvalue weighted by molar-refractivity contribution is 6.00. The lowest BCUT2D eigenvalue weighted by molar-refractivity contribution is -0.125. The first kappa shape index (κ1) is 35.8. The number of aliphatic hydroxyl groups excluding tert-OH is 1. The molecule has 0 radical (unpaired) electrons. The lowest BCUT2D eigenvalue weighted by Gasteiger charge is -2.23. The van der Waals surface area contributed by atoms with Gasteiger partial charge in [-0.3, -0.25) is 4.79 Å². The van der Waals surface area contributed by atoms with E-state index in [9.17, 15) is 23.1 Å². The van der Waals surface area contributed by atoms with Crippen molar-refractivity contribution in [1.82, 2.24) is 25.0 Å². The Morgan fingerprint density at radius 1 is 1.06 bits per heavy atom. The van der Waals surface area contributed by atoms with E-state index in [0.29, 0.717) is 73.8 Å². The van der Waals surface area contributed by atoms with Crippen molar-refractivity contribution in [3.63, 3.8) is 0 Å². The summed E-state index contributed by atoms with van der Waals surface area (Å²) in [7, 11) is 0. The van der Waals surface area contributed by atoms with E-state index in [2.05, 4.69) is 15.4 Å². The summed E-state index contributed by atoms with van der Waals surface area (Å²) in [6.07, 6.45) is 3.00. The number of ether oxygens (including phenoxy) is 2. The maximum atomic E-state index is 15.4. The molecule has 13 heteroatoms. The largest absolute Gasteiger partial charge is 0.476 e. The molecule has 9 nitrogen and oxygen atoms in total. The number of aromatic nitrogens is 3. The fourth-order valence-corrected chi connectivity index (χ4v) is 6.92. The Hall–Kier alpha value is -4.59. The van der Waals surface area contributed by atoms with Gasteiger partial charge in [0, 0.05) is 50.1 Å². The first-order chi connectivity index (χ1) is 25.1. The van der Waals surface area contributed by atoms with E-state index in [0.717, 1.165) is 25.7 Å². The Bertz CT molecular complexity index is 1930. The molecule has 0 spiro atoms. The fourth-order valence-electron chi connectivity index (χ4n) is 6.92. The molecular weight excluding hydrogens is 678 g/mol. The summed E-state index contributed by atoms with van der Waals surface area (Å²) in [4.78, 5) is 18.4. The van der Waals surface area contributed by atoms with Gasteiger partial charge in [-0.05, 0) is 79.0 Å². The maximum absolute atomic E-state index is 15.4. The van der Waals surface area contributed by atoms with Gasteiger partial charge in [0.15, 0.2) is 6.23 Å². The van der Waals surface area contributed by atoms with Crippen LogP contribution >= 0.6 is 0 Å². The SMILES string of the molecule is O=C(/C=C/CNC1(COc2ccc(/C(=C(/CC(F)(F)F)c3ccccc3)c3ccc4c(c3)c(F)nn4C3CCCCO3)cn2)CC1)N1CCC(O)C1. The van der Waals surface area contributed by atoms with E-state index < -0.39 is 30.9 Å². The summed E-state index contributed by atoms with van der Waals surface area (Å²) in [5.41, 5.74) is 1.72. The highest BCUT2D eigenvalue weighted by atomic mass is 19.4. The third kappa shape index (κ3) is 8.38. The summed E-state index contributed by atoms with van der Waals surface area (Å²) >= 11 is 0. The fraction of sp³-hybridized carbons (Fsp3) is 0.410. The smallest absolute Gasteiger partial charge is 0.393 e. The number of aliphatic hydroxyl groups is 1. The van der Waals surface area contributed by atoms with Crippen LogP contribution in [0.2, 0.25) is 0 Å². The van der Waals surface area contributed by atoms with Gasteiger partial charge in [-0.2, -0.15) is 17.6 Å². The molecule has 3 fully saturated rings. The monoisotopic (exact) mass is 719 g/mol. The summed E-state index contributed by atoms with van der Waals surface area (Å²) in [5.74, 6) is -0.542. The highest BCUT2D eigenvalue weighted by Crippen LogP contribution is 2.41. The molecule has 2 N–H and O–H groups in total. The minimum atomic E-state index is -4.53. The molecule has 52 heavy (non-hydrogen) atoms. The topological polar surface area (TPSA) is 102 Å². The molecule has 4 aromatic rings. The molecule has 1 aliphatic carbocycles. The Labute approximate surface area is 298 Å². The summed E-state index contributed by atoms with van der Waals surface area (Å²) in [6, 6.07) is 16.6. The zero-order chi connectivity index (χ0) is 36.3. The van der Waals surface area contributed by atoms with Crippen molar-refractivity contribution in [2.24, 2.45) is 0 Å². The standard InChI is InChI=1S/C39H41F4N5O4/c40-37-30-21-27(11-13-32(30)48(46-37)35-10-4-5-20-51-35)36(31(22-39(41,42)43)26-7-2-1-3-8-26)28-12-14-33(44-23-28)52-25-38(16-17-38)45-18-6-9-34(50)47-19-15-29(49)24-47/h1-3,6-9,11-14,21,23,29,35,45,49H,4-5,10,15-20,22,24-25H2/b9-6+,36-31-. The minimum absolute atomic E-state index is 0.0277. The molecule has 274 valence electrons. The number of carbonyl (C=O) groups excluding carboxylic acids is 1. The molecule has 2 saturated heterocycles. The van der Waals surface area contributed by atoms with Gasteiger partial charge in [-0.15, -0.1) is 5.10 Å². The molecule has 3 aliphatic rings. The van der Waals surface area contributed by atoms with Crippen LogP contribution in [-0.4, -0.2) is 81.3 Å². The second-order valence-electron chi connectivity index (χ2n) is 13.8. The van der Waals surface area contributed by atoms with Crippen molar-refractivity contribution in [3.05, 3.63) is 102 Å². The first-order valence-electron chi connectivity index (χ1n) is 17.7. The van der Waals surface area contributed by atoms with Gasteiger partial charge in [0.05, 0.1) is 29.0 Å². The van der Waals surface area contributed by atoms with Gasteiger partial charge in [0.1, 0.15) is 6.61 Å². The second kappa shape index (κ2) is 15.2. The number of hydrogen-bond acceptors (Lipinski definition) is 7. The first-order valence-corrected chi connectivity index (χ1v) is 17.7. The lowest BCUT2D eigenvalue weighted by atomic mass is 9.88. The Morgan fingerprint density at radius 3 is 2.54 bits per heavy atom. The normalized spacial score (nSPS) is 20.8. The van der Waals surface area contributed by atoms with E-state index in [1.54, 1.807) is 71.6 Å². The average Bonchev–Trinajstić information content (AvgIpc) is 3.66. The van der Waals surface area contributed by atoms with Crippen LogP contribution in [-0.2, 0) is 9.53 Å². The van der Waals surface area contributed by atoms with Crippen molar-refractivity contribution >= 4 is 28.0 Å². The van der Waals surface area contributed by atoms with Crippen LogP contribution in [0, 0.1) is 5.95 Å². The molecule has 2 aliphatic heterocycles. The van der Waals surface area contributed by atoms with Crippen LogP contribution in [0.15, 0.2) is 79.0 Å². The predicted molar refractivity (Wildman–Crippen MR) is 188 cm³/mol. The summed E-state index contributed by atoms with van der Waals surface area (Å²) in [5, 5.41) is 17.4. The van der Waals surface area contributed by atoms with Crippen molar-refractivity contribution < 1.29 is 36.9 Å². The van der Waals surface area contributed by atoms with Crippen LogP contribution < -0.4 is 10.1 Å². The number of halogens is 4. The van der Waals surface area contributed by atoms with E-state index in [1.807, 2.05) is 0 Å². The number of likely N-dealkylation sites (tertiary alicyclic amines) is 1. The number of pyridine rings is 1. The van der Waals surface area contributed by atoms with Crippen molar-refractivity contribution in [1.29, 1.82) is 0 Å². The number of alkyl halides is 3. The van der Waals surface area contributed by atoms with Crippen molar-refractivity contribution in [2.75, 3.05) is 32.8 Å². The van der Waals surface area contributed by atoms with Gasteiger partial charge in [-0.25, -0.2) is 9.67 Å². The molecule has 2 atom stereocenters. The zero-order valence-electron chi connectivity index (χ0n) is 28.6. The van der Waals surface area contributed by atoms with Gasteiger partial charge in [0.25, 0.3) is 0 Å². The maximum Gasteiger partial charge on any atom is 0.393 e. The number of fused-ring (bicyclic) bond motifs is 1. The van der Waals surface area contributed by atoms with Crippen molar-refractivity contribution in [2.45, 2.75) is 69.0 Å². The number of allylic oxidation sites excluding steroid dienone is 1. The van der Waals surface area contributed by atoms with Crippen molar-refractivity contribution in [3.8, 4) is 5.88 Å². The van der Waals surface area contributed by atoms with Gasteiger partial charge < -0.3 is 24.8 Å². The Kier molecular flexibility index (Phi) is 10.4. The molecule has 2 aromatic heterocycles. The number of hydrogen-bond donors (Lipinski definition) is 2. The zero-order valence-corrected chi connectivity index (χ0v) is 28.6. The van der Waals surface area contributed by atoms with Gasteiger partial charge in [-0.1, -0.05) is 42.5 Å². The molecule has 2 aromatic carbocycles. The number of β-amino-alcohol motifs (C(OH)–C–C–N with tert-alkyl or cyclic N) is 1. The van der Waals surface area contributed by atoms with Crippen LogP contribution in [0.5, 0.6) is 5.88 Å². The molecule has 0 bridgehead atoms. The minimum Gasteiger partial charge on any atom is -0.476 e. The third-order valence-electron chi connectivity index (χ3n) is 9.88. The van der Waals surface area contributed by atoms with Crippen LogP contribution in [0.4, 0.5) is 17.6 Å². The third-order valence-corrected chi connectivity index (χ3v) is 9.88. The number of carbonyl (C=O) groups is 1. The van der Waals surface area contributed by atoms with E-state index >= 15 is 4.39 Å². The van der Waals surface area contributed by atoms with E-state index in [-0.39, 0.29) is 28.0 Å². The molecule has 4 heterocycles. The van der Waals surface area contributed by atoms with Gasteiger partial charge >= 0.3 is 6.18 Å². The number of nitrogens with zero attached hydrogens (tertiary/aromatic N) is 4. The Morgan fingerprint density at radius 2 is 1.87 bits per heavy atom. The molecule has 1 saturated carbocycles. The molecule has 1 amide bonds. The van der Waals surface area contributed by atoms with E-state index in [4.69, 9.17) is 9.47 Å². The number of benzene rings is 2.